The smallest absolute Gasteiger partial charge is 0.279 e. The van der Waals surface area contributed by atoms with Gasteiger partial charge in [0.1, 0.15) is 5.75 Å². The number of ether oxygens (including phenoxy) is 1. The maximum Gasteiger partial charge on any atom is 0.279 e. The topological polar surface area (TPSA) is 74.1 Å². The summed E-state index contributed by atoms with van der Waals surface area (Å²) in [6.07, 6.45) is -0.658. The third kappa shape index (κ3) is 4.25. The van der Waals surface area contributed by atoms with Crippen LogP contribution in [-0.2, 0) is 4.79 Å². The Bertz CT molecular complexity index is 633. The van der Waals surface area contributed by atoms with Gasteiger partial charge in [0.2, 0.25) is 0 Å². The number of anilines is 1. The number of rotatable bonds is 5. The van der Waals surface area contributed by atoms with Gasteiger partial charge in [-0.1, -0.05) is 18.2 Å². The van der Waals surface area contributed by atoms with E-state index in [2.05, 4.69) is 10.9 Å². The van der Waals surface area contributed by atoms with Crippen molar-refractivity contribution in [3.8, 4) is 11.8 Å². The minimum atomic E-state index is -0.658. The molecule has 5 nitrogen and oxygen atoms in total. The Morgan fingerprint density at radius 1 is 1.14 bits per heavy atom. The zero-order valence-electron chi connectivity index (χ0n) is 11.5. The van der Waals surface area contributed by atoms with Gasteiger partial charge >= 0.3 is 0 Å². The molecule has 0 saturated carbocycles. The number of hydrazine groups is 1. The number of nitriles is 1. The lowest BCUT2D eigenvalue weighted by Gasteiger charge is -2.15. The van der Waals surface area contributed by atoms with E-state index in [-0.39, 0.29) is 5.91 Å². The van der Waals surface area contributed by atoms with Crippen molar-refractivity contribution in [3.63, 3.8) is 0 Å². The lowest BCUT2D eigenvalue weighted by Crippen LogP contribution is -2.39. The van der Waals surface area contributed by atoms with Gasteiger partial charge < -0.3 is 4.74 Å². The van der Waals surface area contributed by atoms with E-state index in [4.69, 9.17) is 10.00 Å². The van der Waals surface area contributed by atoms with Gasteiger partial charge in [-0.15, -0.1) is 0 Å². The number of hydrogen-bond donors (Lipinski definition) is 2. The molecule has 0 heterocycles. The second-order valence-corrected chi connectivity index (χ2v) is 4.38. The highest BCUT2D eigenvalue weighted by molar-refractivity contribution is 5.81. The van der Waals surface area contributed by atoms with Crippen LogP contribution in [0, 0.1) is 11.3 Å². The summed E-state index contributed by atoms with van der Waals surface area (Å²) in [6, 6.07) is 17.9. The van der Waals surface area contributed by atoms with E-state index in [0.29, 0.717) is 11.3 Å². The van der Waals surface area contributed by atoms with Gasteiger partial charge in [0.25, 0.3) is 5.91 Å². The summed E-state index contributed by atoms with van der Waals surface area (Å²) in [5.74, 6) is 0.250. The van der Waals surface area contributed by atoms with Crippen LogP contribution in [0.5, 0.6) is 5.75 Å². The molecular formula is C16H15N3O2. The Labute approximate surface area is 123 Å². The van der Waals surface area contributed by atoms with Crippen LogP contribution < -0.4 is 15.6 Å². The molecule has 0 radical (unpaired) electrons. The van der Waals surface area contributed by atoms with Gasteiger partial charge in [-0.05, 0) is 43.3 Å². The first-order valence-electron chi connectivity index (χ1n) is 6.47. The van der Waals surface area contributed by atoms with Crippen LogP contribution in [0.3, 0.4) is 0 Å². The highest BCUT2D eigenvalue weighted by atomic mass is 16.5. The molecule has 0 aliphatic rings. The molecule has 0 bridgehead atoms. The molecule has 0 aliphatic carbocycles. The molecule has 1 unspecified atom stereocenters. The van der Waals surface area contributed by atoms with E-state index in [0.717, 1.165) is 5.69 Å². The third-order valence-electron chi connectivity index (χ3n) is 2.77. The maximum atomic E-state index is 11.9. The first-order chi connectivity index (χ1) is 10.2. The Morgan fingerprint density at radius 3 is 2.43 bits per heavy atom. The highest BCUT2D eigenvalue weighted by Crippen LogP contribution is 2.13. The van der Waals surface area contributed by atoms with Crippen LogP contribution in [0.15, 0.2) is 54.6 Å². The molecule has 106 valence electrons. The lowest BCUT2D eigenvalue weighted by atomic mass is 10.2. The quantitative estimate of drug-likeness (QED) is 0.826. The molecule has 21 heavy (non-hydrogen) atoms. The first-order valence-corrected chi connectivity index (χ1v) is 6.47. The second-order valence-electron chi connectivity index (χ2n) is 4.38. The number of nitrogens with one attached hydrogen (secondary N) is 2. The van der Waals surface area contributed by atoms with E-state index in [1.807, 2.05) is 36.4 Å². The Hall–Kier alpha value is -3.00. The summed E-state index contributed by atoms with van der Waals surface area (Å²) >= 11 is 0. The average molecular weight is 281 g/mol. The van der Waals surface area contributed by atoms with Crippen molar-refractivity contribution >= 4 is 11.6 Å². The zero-order chi connectivity index (χ0) is 15.1. The summed E-state index contributed by atoms with van der Waals surface area (Å²) in [7, 11) is 0. The predicted octanol–water partition coefficient (Wildman–Crippen LogP) is 2.47. The highest BCUT2D eigenvalue weighted by Gasteiger charge is 2.14. The summed E-state index contributed by atoms with van der Waals surface area (Å²) in [5, 5.41) is 8.71. The largest absolute Gasteiger partial charge is 0.481 e. The van der Waals surface area contributed by atoms with Crippen molar-refractivity contribution in [1.82, 2.24) is 5.43 Å². The number of benzene rings is 2. The number of carbonyl (C=O) groups excluding carboxylic acids is 1. The van der Waals surface area contributed by atoms with Crippen molar-refractivity contribution < 1.29 is 9.53 Å². The van der Waals surface area contributed by atoms with Crippen LogP contribution in [0.4, 0.5) is 5.69 Å². The summed E-state index contributed by atoms with van der Waals surface area (Å²) in [5.41, 5.74) is 6.72. The summed E-state index contributed by atoms with van der Waals surface area (Å²) < 4.78 is 5.50. The number of amides is 1. The molecule has 1 amide bonds. The van der Waals surface area contributed by atoms with Crippen molar-refractivity contribution in [2.45, 2.75) is 13.0 Å². The van der Waals surface area contributed by atoms with Gasteiger partial charge in [0.05, 0.1) is 17.3 Å². The zero-order valence-corrected chi connectivity index (χ0v) is 11.5. The van der Waals surface area contributed by atoms with Gasteiger partial charge in [-0.2, -0.15) is 5.26 Å². The van der Waals surface area contributed by atoms with E-state index in [1.54, 1.807) is 31.2 Å². The molecule has 0 saturated heterocycles. The van der Waals surface area contributed by atoms with Gasteiger partial charge in [0, 0.05) is 0 Å². The Balaban J connectivity index is 1.86. The standard InChI is InChI=1S/C16H15N3O2/c1-12(21-15-9-7-13(11-17)8-10-15)16(20)19-18-14-5-3-2-4-6-14/h2-10,12,18H,1H3,(H,19,20). The molecule has 2 aromatic rings. The fraction of sp³-hybridized carbons (Fsp3) is 0.125. The fourth-order valence-electron chi connectivity index (χ4n) is 1.62. The number of para-hydroxylation sites is 1. The van der Waals surface area contributed by atoms with E-state index < -0.39 is 6.10 Å². The Kier molecular flexibility index (Phi) is 4.78. The van der Waals surface area contributed by atoms with Crippen LogP contribution in [-0.4, -0.2) is 12.0 Å². The normalized spacial score (nSPS) is 11.0. The monoisotopic (exact) mass is 281 g/mol. The van der Waals surface area contributed by atoms with E-state index >= 15 is 0 Å². The molecule has 5 heteroatoms. The third-order valence-corrected chi connectivity index (χ3v) is 2.77. The summed E-state index contributed by atoms with van der Waals surface area (Å²) in [4.78, 5) is 11.9. The SMILES string of the molecule is CC(Oc1ccc(C#N)cc1)C(=O)NNc1ccccc1. The molecule has 2 aromatic carbocycles. The van der Waals surface area contributed by atoms with Crippen molar-refractivity contribution in [3.05, 3.63) is 60.2 Å². The fourth-order valence-corrected chi connectivity index (χ4v) is 1.62. The molecule has 0 aliphatic heterocycles. The van der Waals surface area contributed by atoms with E-state index in [9.17, 15) is 4.79 Å². The molecule has 0 spiro atoms. The van der Waals surface area contributed by atoms with Gasteiger partial charge in [-0.3, -0.25) is 15.6 Å². The average Bonchev–Trinajstić information content (AvgIpc) is 2.54. The molecular weight excluding hydrogens is 266 g/mol. The number of hydrogen-bond acceptors (Lipinski definition) is 4. The van der Waals surface area contributed by atoms with Crippen molar-refractivity contribution in [1.29, 1.82) is 5.26 Å². The maximum absolute atomic E-state index is 11.9. The molecule has 2 rings (SSSR count). The molecule has 0 aromatic heterocycles. The second kappa shape index (κ2) is 6.96. The van der Waals surface area contributed by atoms with Gasteiger partial charge in [-0.25, -0.2) is 0 Å². The molecule has 1 atom stereocenters. The minimum Gasteiger partial charge on any atom is -0.481 e. The summed E-state index contributed by atoms with van der Waals surface area (Å²) in [6.45, 7) is 1.65. The van der Waals surface area contributed by atoms with Crippen LogP contribution in [0.25, 0.3) is 0 Å². The van der Waals surface area contributed by atoms with Crippen LogP contribution in [0.2, 0.25) is 0 Å². The molecule has 0 fully saturated rings. The number of carbonyl (C=O) groups is 1. The Morgan fingerprint density at radius 2 is 1.81 bits per heavy atom. The van der Waals surface area contributed by atoms with Crippen LogP contribution >= 0.6 is 0 Å². The van der Waals surface area contributed by atoms with Crippen molar-refractivity contribution in [2.75, 3.05) is 5.43 Å². The van der Waals surface area contributed by atoms with E-state index in [1.165, 1.54) is 0 Å². The minimum absolute atomic E-state index is 0.289. The van der Waals surface area contributed by atoms with Crippen LogP contribution in [0.1, 0.15) is 12.5 Å². The first kappa shape index (κ1) is 14.4. The predicted molar refractivity (Wildman–Crippen MR) is 79.5 cm³/mol. The van der Waals surface area contributed by atoms with Gasteiger partial charge in [0.15, 0.2) is 6.10 Å². The molecule has 2 N–H and O–H groups in total. The van der Waals surface area contributed by atoms with Crippen molar-refractivity contribution in [2.24, 2.45) is 0 Å². The lowest BCUT2D eigenvalue weighted by molar-refractivity contribution is -0.126. The number of nitrogens with zero attached hydrogens (tertiary/aromatic N) is 1.